The van der Waals surface area contributed by atoms with E-state index < -0.39 is 0 Å². The number of rotatable bonds is 3. The van der Waals surface area contributed by atoms with Gasteiger partial charge in [-0.2, -0.15) is 5.10 Å². The molecule has 0 unspecified atom stereocenters. The second kappa shape index (κ2) is 5.85. The fraction of sp³-hybridized carbons (Fsp3) is 0.333. The normalized spacial score (nSPS) is 18.2. The van der Waals surface area contributed by atoms with Gasteiger partial charge < -0.3 is 4.90 Å². The number of nitrogens with zero attached hydrogens (tertiary/aromatic N) is 3. The fourth-order valence-electron chi connectivity index (χ4n) is 2.78. The first-order valence-electron chi connectivity index (χ1n) is 6.86. The van der Waals surface area contributed by atoms with Gasteiger partial charge in [-0.25, -0.2) is 4.39 Å². The molecule has 3 rings (SSSR count). The lowest BCUT2D eigenvalue weighted by Gasteiger charge is -2.25. The van der Waals surface area contributed by atoms with Gasteiger partial charge in [0.1, 0.15) is 12.4 Å². The molecule has 110 valence electrons. The van der Waals surface area contributed by atoms with Gasteiger partial charge in [0.25, 0.3) is 0 Å². The lowest BCUT2D eigenvalue weighted by molar-refractivity contribution is -0.133. The lowest BCUT2D eigenvalue weighted by atomic mass is 10.0. The third-order valence-electron chi connectivity index (χ3n) is 3.71. The van der Waals surface area contributed by atoms with Crippen LogP contribution in [0.3, 0.4) is 0 Å². The first kappa shape index (κ1) is 14.1. The molecule has 1 aliphatic heterocycles. The van der Waals surface area contributed by atoms with E-state index in [4.69, 9.17) is 11.6 Å². The quantitative estimate of drug-likeness (QED) is 0.874. The number of halogens is 2. The molecule has 6 heteroatoms. The molecular formula is C15H15ClFN3O. The van der Waals surface area contributed by atoms with Crippen molar-refractivity contribution in [2.45, 2.75) is 25.4 Å². The predicted molar refractivity (Wildman–Crippen MR) is 77.3 cm³/mol. The molecule has 1 saturated heterocycles. The maximum atomic E-state index is 13.4. The highest BCUT2D eigenvalue weighted by Gasteiger charge is 2.30. The molecule has 0 radical (unpaired) electrons. The molecule has 2 heterocycles. The maximum absolute atomic E-state index is 13.4. The number of benzene rings is 1. The molecule has 1 aromatic heterocycles. The van der Waals surface area contributed by atoms with E-state index in [0.29, 0.717) is 11.6 Å². The summed E-state index contributed by atoms with van der Waals surface area (Å²) in [5.41, 5.74) is 0.847. The summed E-state index contributed by atoms with van der Waals surface area (Å²) >= 11 is 5.80. The molecule has 0 N–H and O–H groups in total. The van der Waals surface area contributed by atoms with Crippen molar-refractivity contribution in [2.75, 3.05) is 6.54 Å². The third kappa shape index (κ3) is 3.08. The van der Waals surface area contributed by atoms with Crippen LogP contribution in [-0.4, -0.2) is 27.1 Å². The Kier molecular flexibility index (Phi) is 3.92. The van der Waals surface area contributed by atoms with Gasteiger partial charge in [0.2, 0.25) is 5.91 Å². The second-order valence-electron chi connectivity index (χ2n) is 5.16. The van der Waals surface area contributed by atoms with Gasteiger partial charge in [0.05, 0.1) is 17.3 Å². The lowest BCUT2D eigenvalue weighted by Crippen LogP contribution is -2.33. The summed E-state index contributed by atoms with van der Waals surface area (Å²) in [6.07, 6.45) is 4.90. The summed E-state index contributed by atoms with van der Waals surface area (Å²) in [7, 11) is 0. The standard InChI is InChI=1S/C15H15ClFN3O/c16-12-8-18-19(9-12)10-15(21)20-6-2-5-14(20)11-3-1-4-13(17)7-11/h1,3-4,7-9,14H,2,5-6,10H2/t14-/m1/s1. The molecule has 2 aromatic rings. The highest BCUT2D eigenvalue weighted by molar-refractivity contribution is 6.30. The first-order valence-corrected chi connectivity index (χ1v) is 7.24. The van der Waals surface area contributed by atoms with Gasteiger partial charge in [-0.05, 0) is 30.5 Å². The molecule has 0 spiro atoms. The summed E-state index contributed by atoms with van der Waals surface area (Å²) in [6.45, 7) is 0.841. The molecule has 1 aliphatic rings. The number of carbonyl (C=O) groups excluding carboxylic acids is 1. The van der Waals surface area contributed by atoms with Crippen LogP contribution in [0.25, 0.3) is 0 Å². The van der Waals surface area contributed by atoms with E-state index in [-0.39, 0.29) is 24.3 Å². The van der Waals surface area contributed by atoms with Crippen LogP contribution in [0.1, 0.15) is 24.4 Å². The monoisotopic (exact) mass is 307 g/mol. The number of carbonyl (C=O) groups is 1. The van der Waals surface area contributed by atoms with E-state index in [0.717, 1.165) is 18.4 Å². The Bertz CT molecular complexity index is 658. The van der Waals surface area contributed by atoms with E-state index in [1.54, 1.807) is 17.2 Å². The molecule has 1 fully saturated rings. The van der Waals surface area contributed by atoms with Crippen molar-refractivity contribution in [3.8, 4) is 0 Å². The first-order chi connectivity index (χ1) is 10.1. The van der Waals surface area contributed by atoms with Gasteiger partial charge in [-0.1, -0.05) is 23.7 Å². The van der Waals surface area contributed by atoms with Gasteiger partial charge in [0.15, 0.2) is 0 Å². The van der Waals surface area contributed by atoms with E-state index >= 15 is 0 Å². The van der Waals surface area contributed by atoms with Crippen LogP contribution in [0.15, 0.2) is 36.7 Å². The van der Waals surface area contributed by atoms with Crippen molar-refractivity contribution in [1.82, 2.24) is 14.7 Å². The molecule has 0 aliphatic carbocycles. The number of hydrogen-bond donors (Lipinski definition) is 0. The zero-order valence-corrected chi connectivity index (χ0v) is 12.1. The smallest absolute Gasteiger partial charge is 0.244 e. The minimum Gasteiger partial charge on any atom is -0.334 e. The van der Waals surface area contributed by atoms with Crippen molar-refractivity contribution in [1.29, 1.82) is 0 Å². The minimum absolute atomic E-state index is 0.0264. The number of amides is 1. The van der Waals surface area contributed by atoms with Gasteiger partial charge >= 0.3 is 0 Å². The van der Waals surface area contributed by atoms with Gasteiger partial charge in [-0.15, -0.1) is 0 Å². The highest BCUT2D eigenvalue weighted by atomic mass is 35.5. The van der Waals surface area contributed by atoms with E-state index in [1.165, 1.54) is 23.0 Å². The SMILES string of the molecule is O=C(Cn1cc(Cl)cn1)N1CCC[C@@H]1c1cccc(F)c1. The zero-order chi connectivity index (χ0) is 14.8. The number of aromatic nitrogens is 2. The van der Waals surface area contributed by atoms with Gasteiger partial charge in [-0.3, -0.25) is 9.48 Å². The average Bonchev–Trinajstić information content (AvgIpc) is 3.07. The Labute approximate surface area is 127 Å². The van der Waals surface area contributed by atoms with Crippen LogP contribution in [0.5, 0.6) is 0 Å². The molecule has 1 amide bonds. The molecule has 4 nitrogen and oxygen atoms in total. The molecule has 0 saturated carbocycles. The van der Waals surface area contributed by atoms with Gasteiger partial charge in [0, 0.05) is 12.7 Å². The molecule has 1 atom stereocenters. The van der Waals surface area contributed by atoms with Crippen LogP contribution in [0.2, 0.25) is 5.02 Å². The summed E-state index contributed by atoms with van der Waals surface area (Å²) in [4.78, 5) is 14.2. The van der Waals surface area contributed by atoms with Crippen molar-refractivity contribution < 1.29 is 9.18 Å². The van der Waals surface area contributed by atoms with E-state index in [2.05, 4.69) is 5.10 Å². The summed E-state index contributed by atoms with van der Waals surface area (Å²) in [5, 5.41) is 4.52. The largest absolute Gasteiger partial charge is 0.334 e. The Morgan fingerprint density at radius 1 is 1.48 bits per heavy atom. The maximum Gasteiger partial charge on any atom is 0.244 e. The topological polar surface area (TPSA) is 38.1 Å². The van der Waals surface area contributed by atoms with E-state index in [1.807, 2.05) is 6.07 Å². The van der Waals surface area contributed by atoms with Crippen LogP contribution in [0, 0.1) is 5.82 Å². The zero-order valence-electron chi connectivity index (χ0n) is 11.4. The summed E-state index contributed by atoms with van der Waals surface area (Å²) in [6, 6.07) is 6.40. The Balaban J connectivity index is 1.75. The summed E-state index contributed by atoms with van der Waals surface area (Å²) in [5.74, 6) is -0.299. The van der Waals surface area contributed by atoms with Crippen molar-refractivity contribution >= 4 is 17.5 Å². The fourth-order valence-corrected chi connectivity index (χ4v) is 2.94. The molecule has 1 aromatic carbocycles. The van der Waals surface area contributed by atoms with Crippen molar-refractivity contribution in [3.05, 3.63) is 53.1 Å². The number of hydrogen-bond acceptors (Lipinski definition) is 2. The summed E-state index contributed by atoms with van der Waals surface area (Å²) < 4.78 is 14.9. The minimum atomic E-state index is -0.273. The van der Waals surface area contributed by atoms with Crippen molar-refractivity contribution in [2.24, 2.45) is 0 Å². The predicted octanol–water partition coefficient (Wildman–Crippen LogP) is 3.04. The van der Waals surface area contributed by atoms with Crippen LogP contribution in [0.4, 0.5) is 4.39 Å². The van der Waals surface area contributed by atoms with Crippen LogP contribution < -0.4 is 0 Å². The highest BCUT2D eigenvalue weighted by Crippen LogP contribution is 2.32. The molecule has 21 heavy (non-hydrogen) atoms. The molecular weight excluding hydrogens is 293 g/mol. The Morgan fingerprint density at radius 3 is 3.05 bits per heavy atom. The van der Waals surface area contributed by atoms with Crippen LogP contribution in [-0.2, 0) is 11.3 Å². The Hall–Kier alpha value is -1.88. The van der Waals surface area contributed by atoms with E-state index in [9.17, 15) is 9.18 Å². The Morgan fingerprint density at radius 2 is 2.33 bits per heavy atom. The van der Waals surface area contributed by atoms with Crippen LogP contribution >= 0.6 is 11.6 Å². The average molecular weight is 308 g/mol. The second-order valence-corrected chi connectivity index (χ2v) is 5.59. The van der Waals surface area contributed by atoms with Crippen molar-refractivity contribution in [3.63, 3.8) is 0 Å². The molecule has 0 bridgehead atoms. The third-order valence-corrected chi connectivity index (χ3v) is 3.90. The number of likely N-dealkylation sites (tertiary alicyclic amines) is 1.